The van der Waals surface area contributed by atoms with Crippen molar-refractivity contribution in [1.29, 1.82) is 0 Å². The number of aromatic hydroxyl groups is 1. The van der Waals surface area contributed by atoms with Gasteiger partial charge in [0.1, 0.15) is 17.3 Å². The van der Waals surface area contributed by atoms with Crippen LogP contribution in [-0.4, -0.2) is 22.2 Å². The highest BCUT2D eigenvalue weighted by Crippen LogP contribution is 2.40. The molecule has 2 N–H and O–H groups in total. The molecule has 0 spiro atoms. The number of nitro benzene ring substituents is 1. The topological polar surface area (TPSA) is 118 Å². The number of phenols is 1. The molecule has 3 rings (SSSR count). The van der Waals surface area contributed by atoms with Gasteiger partial charge in [0.05, 0.1) is 16.7 Å². The first-order chi connectivity index (χ1) is 16.8. The first-order valence-corrected chi connectivity index (χ1v) is 11.8. The molecule has 0 fully saturated rings. The third-order valence-electron chi connectivity index (χ3n) is 5.80. The zero-order valence-corrected chi connectivity index (χ0v) is 21.6. The second-order valence-corrected chi connectivity index (χ2v) is 10.8. The first kappa shape index (κ1) is 26.7. The fourth-order valence-electron chi connectivity index (χ4n) is 3.87. The molecule has 0 unspecified atom stereocenters. The Balaban J connectivity index is 1.66. The summed E-state index contributed by atoms with van der Waals surface area (Å²) in [4.78, 5) is 23.2. The number of hydrogen-bond donors (Lipinski definition) is 2. The van der Waals surface area contributed by atoms with Crippen LogP contribution < -0.4 is 5.43 Å². The highest BCUT2D eigenvalue weighted by atomic mass is 16.6. The standard InChI is InChI=1S/C28H33N3O5/c1-27(2,3)21-15-18(16-22(26(21)33)28(4,5)6)11-14-25(32)30-29-17-19-12-13-24(36-19)20-9-7-8-10-23(20)31(34)35/h7-10,12-13,15-17,33H,11,14H2,1-6H3,(H,30,32)/b29-17-. The van der Waals surface area contributed by atoms with E-state index in [1.807, 2.05) is 12.1 Å². The lowest BCUT2D eigenvalue weighted by Crippen LogP contribution is -2.20. The number of rotatable bonds is 7. The third kappa shape index (κ3) is 6.38. The van der Waals surface area contributed by atoms with Gasteiger partial charge in [0.25, 0.3) is 5.69 Å². The van der Waals surface area contributed by atoms with Crippen molar-refractivity contribution in [3.63, 3.8) is 0 Å². The average Bonchev–Trinajstić information content (AvgIpc) is 3.25. The van der Waals surface area contributed by atoms with Crippen LogP contribution in [0, 0.1) is 10.1 Å². The van der Waals surface area contributed by atoms with Gasteiger partial charge in [-0.1, -0.05) is 65.8 Å². The Hall–Kier alpha value is -3.94. The van der Waals surface area contributed by atoms with Crippen LogP contribution in [-0.2, 0) is 22.0 Å². The molecule has 8 nitrogen and oxygen atoms in total. The number of amides is 1. The molecule has 2 aromatic carbocycles. The van der Waals surface area contributed by atoms with E-state index < -0.39 is 4.92 Å². The van der Waals surface area contributed by atoms with Crippen LogP contribution in [0.4, 0.5) is 5.69 Å². The number of nitrogens with zero attached hydrogens (tertiary/aromatic N) is 2. The van der Waals surface area contributed by atoms with E-state index in [-0.39, 0.29) is 28.8 Å². The number of hydrogen-bond acceptors (Lipinski definition) is 6. The molecule has 1 amide bonds. The number of nitro groups is 1. The number of carbonyl (C=O) groups is 1. The van der Waals surface area contributed by atoms with Gasteiger partial charge in [0.15, 0.2) is 0 Å². The van der Waals surface area contributed by atoms with E-state index in [0.717, 1.165) is 16.7 Å². The summed E-state index contributed by atoms with van der Waals surface area (Å²) in [7, 11) is 0. The predicted molar refractivity (Wildman–Crippen MR) is 140 cm³/mol. The number of aryl methyl sites for hydroxylation is 1. The molecule has 1 heterocycles. The maximum absolute atomic E-state index is 12.4. The van der Waals surface area contributed by atoms with Gasteiger partial charge in [-0.05, 0) is 52.1 Å². The molecular formula is C28H33N3O5. The Morgan fingerprint density at radius 3 is 2.25 bits per heavy atom. The van der Waals surface area contributed by atoms with Crippen LogP contribution in [0.2, 0.25) is 0 Å². The summed E-state index contributed by atoms with van der Waals surface area (Å²) in [5.74, 6) is 0.740. The maximum atomic E-state index is 12.4. The van der Waals surface area contributed by atoms with E-state index in [9.17, 15) is 20.0 Å². The van der Waals surface area contributed by atoms with E-state index in [1.165, 1.54) is 12.3 Å². The van der Waals surface area contributed by atoms with Crippen molar-refractivity contribution in [2.45, 2.75) is 65.2 Å². The normalized spacial score (nSPS) is 12.2. The van der Waals surface area contributed by atoms with Crippen molar-refractivity contribution in [2.75, 3.05) is 0 Å². The van der Waals surface area contributed by atoms with E-state index in [2.05, 4.69) is 52.1 Å². The van der Waals surface area contributed by atoms with Gasteiger partial charge in [-0.15, -0.1) is 0 Å². The summed E-state index contributed by atoms with van der Waals surface area (Å²) < 4.78 is 5.64. The van der Waals surface area contributed by atoms with Gasteiger partial charge in [-0.3, -0.25) is 14.9 Å². The SMILES string of the molecule is CC(C)(C)c1cc(CCC(=O)N/N=C\c2ccc(-c3ccccc3[N+](=O)[O-])o2)cc(C(C)(C)C)c1O. The van der Waals surface area contributed by atoms with Crippen LogP contribution in [0.15, 0.2) is 58.0 Å². The summed E-state index contributed by atoms with van der Waals surface area (Å²) in [6, 6.07) is 13.5. The van der Waals surface area contributed by atoms with Gasteiger partial charge in [0, 0.05) is 12.5 Å². The largest absolute Gasteiger partial charge is 0.507 e. The highest BCUT2D eigenvalue weighted by Gasteiger charge is 2.26. The average molecular weight is 492 g/mol. The van der Waals surface area contributed by atoms with Crippen LogP contribution in [0.25, 0.3) is 11.3 Å². The Morgan fingerprint density at radius 2 is 1.67 bits per heavy atom. The van der Waals surface area contributed by atoms with E-state index in [0.29, 0.717) is 29.3 Å². The van der Waals surface area contributed by atoms with Gasteiger partial charge in [-0.2, -0.15) is 5.10 Å². The minimum Gasteiger partial charge on any atom is -0.507 e. The monoisotopic (exact) mass is 491 g/mol. The number of para-hydroxylation sites is 1. The minimum absolute atomic E-state index is 0.0536. The maximum Gasteiger partial charge on any atom is 0.280 e. The molecule has 0 aliphatic heterocycles. The number of hydrazone groups is 1. The van der Waals surface area contributed by atoms with Crippen molar-refractivity contribution in [2.24, 2.45) is 5.10 Å². The summed E-state index contributed by atoms with van der Waals surface area (Å²) >= 11 is 0. The number of benzene rings is 2. The molecule has 190 valence electrons. The molecule has 0 aliphatic carbocycles. The first-order valence-electron chi connectivity index (χ1n) is 11.8. The summed E-state index contributed by atoms with van der Waals surface area (Å²) in [6.45, 7) is 12.3. The Morgan fingerprint density at radius 1 is 1.06 bits per heavy atom. The number of phenolic OH excluding ortho intramolecular Hbond substituents is 1. The van der Waals surface area contributed by atoms with Gasteiger partial charge < -0.3 is 9.52 Å². The second-order valence-electron chi connectivity index (χ2n) is 10.8. The van der Waals surface area contributed by atoms with Gasteiger partial charge in [0.2, 0.25) is 5.91 Å². The fourth-order valence-corrected chi connectivity index (χ4v) is 3.87. The van der Waals surface area contributed by atoms with Crippen LogP contribution >= 0.6 is 0 Å². The Bertz CT molecular complexity index is 1260. The molecular weight excluding hydrogens is 458 g/mol. The number of carbonyl (C=O) groups excluding carboxylic acids is 1. The lowest BCUT2D eigenvalue weighted by Gasteiger charge is -2.28. The zero-order chi connectivity index (χ0) is 26.7. The summed E-state index contributed by atoms with van der Waals surface area (Å²) in [5, 5.41) is 26.1. The molecule has 0 aliphatic rings. The van der Waals surface area contributed by atoms with Crippen molar-refractivity contribution in [3.8, 4) is 17.1 Å². The lowest BCUT2D eigenvalue weighted by atomic mass is 9.78. The smallest absolute Gasteiger partial charge is 0.280 e. The second kappa shape index (κ2) is 10.4. The zero-order valence-electron chi connectivity index (χ0n) is 21.6. The van der Waals surface area contributed by atoms with Gasteiger partial charge in [-0.25, -0.2) is 5.43 Å². The lowest BCUT2D eigenvalue weighted by molar-refractivity contribution is -0.384. The molecule has 8 heteroatoms. The predicted octanol–water partition coefficient (Wildman–Crippen LogP) is 6.24. The molecule has 0 bridgehead atoms. The number of nitrogens with one attached hydrogen (secondary N) is 1. The fraction of sp³-hybridized carbons (Fsp3) is 0.357. The van der Waals surface area contributed by atoms with E-state index >= 15 is 0 Å². The number of furan rings is 1. The third-order valence-corrected chi connectivity index (χ3v) is 5.80. The molecule has 0 atom stereocenters. The quantitative estimate of drug-likeness (QED) is 0.230. The summed E-state index contributed by atoms with van der Waals surface area (Å²) in [6.07, 6.45) is 2.07. The van der Waals surface area contributed by atoms with Crippen LogP contribution in [0.5, 0.6) is 5.75 Å². The molecule has 0 radical (unpaired) electrons. The van der Waals surface area contributed by atoms with Crippen molar-refractivity contribution >= 4 is 17.8 Å². The Labute approximate surface area is 211 Å². The molecule has 3 aromatic rings. The van der Waals surface area contributed by atoms with Crippen LogP contribution in [0.3, 0.4) is 0 Å². The van der Waals surface area contributed by atoms with Gasteiger partial charge >= 0.3 is 0 Å². The highest BCUT2D eigenvalue weighted by molar-refractivity contribution is 5.81. The molecule has 0 saturated carbocycles. The summed E-state index contributed by atoms with van der Waals surface area (Å²) in [5.41, 5.74) is 5.01. The molecule has 1 aromatic heterocycles. The van der Waals surface area contributed by atoms with Crippen molar-refractivity contribution < 1.29 is 19.2 Å². The Kier molecular flexibility index (Phi) is 7.67. The molecule has 36 heavy (non-hydrogen) atoms. The van der Waals surface area contributed by atoms with E-state index in [4.69, 9.17) is 4.42 Å². The minimum atomic E-state index is -0.463. The van der Waals surface area contributed by atoms with Crippen molar-refractivity contribution in [1.82, 2.24) is 5.43 Å². The van der Waals surface area contributed by atoms with E-state index in [1.54, 1.807) is 30.3 Å². The van der Waals surface area contributed by atoms with Crippen LogP contribution in [0.1, 0.15) is 70.4 Å². The molecule has 0 saturated heterocycles. The van der Waals surface area contributed by atoms with Crippen molar-refractivity contribution in [3.05, 3.63) is 81.1 Å².